The number of hydrogen-bond donors (Lipinski definition) is 2. The smallest absolute Gasteiger partial charge is 0.228 e. The monoisotopic (exact) mass is 526 g/mol. The number of carbonyl (C=O) groups excluding carboxylic acids is 1. The third-order valence-electron chi connectivity index (χ3n) is 7.47. The molecule has 9 nitrogen and oxygen atoms in total. The molecule has 3 N–H and O–H groups in total. The minimum Gasteiger partial charge on any atom is -0.493 e. The third kappa shape index (κ3) is 4.66. The van der Waals surface area contributed by atoms with Crippen LogP contribution in [0.25, 0.3) is 10.9 Å². The Morgan fingerprint density at radius 3 is 2.53 bits per heavy atom. The van der Waals surface area contributed by atoms with Crippen LogP contribution in [-0.4, -0.2) is 66.7 Å². The molecule has 1 aromatic heterocycles. The number of nitrogen functional groups attached to an aromatic ring is 1. The molecule has 11 heteroatoms. The second-order valence-corrected chi connectivity index (χ2v) is 9.79. The van der Waals surface area contributed by atoms with Gasteiger partial charge in [0.15, 0.2) is 17.3 Å². The van der Waals surface area contributed by atoms with Crippen LogP contribution in [0.2, 0.25) is 0 Å². The molecule has 1 aliphatic carbocycles. The van der Waals surface area contributed by atoms with Crippen molar-refractivity contribution in [3.05, 3.63) is 47.5 Å². The van der Waals surface area contributed by atoms with Crippen LogP contribution >= 0.6 is 0 Å². The summed E-state index contributed by atoms with van der Waals surface area (Å²) in [5.41, 5.74) is 6.86. The van der Waals surface area contributed by atoms with Crippen LogP contribution in [0.1, 0.15) is 37.8 Å². The molecule has 2 fully saturated rings. The summed E-state index contributed by atoms with van der Waals surface area (Å²) in [4.78, 5) is 26.3. The van der Waals surface area contributed by atoms with Crippen LogP contribution < -0.4 is 25.4 Å². The normalized spacial score (nSPS) is 17.1. The summed E-state index contributed by atoms with van der Waals surface area (Å²) in [6.07, 6.45) is 1.99. The lowest BCUT2D eigenvalue weighted by atomic mass is 10.0. The van der Waals surface area contributed by atoms with E-state index in [9.17, 15) is 9.18 Å². The number of halogens is 2. The predicted octanol–water partition coefficient (Wildman–Crippen LogP) is 3.43. The van der Waals surface area contributed by atoms with Crippen molar-refractivity contribution < 1.29 is 23.0 Å². The Morgan fingerprint density at radius 2 is 1.89 bits per heavy atom. The van der Waals surface area contributed by atoms with Gasteiger partial charge in [0.05, 0.1) is 19.8 Å². The van der Waals surface area contributed by atoms with Gasteiger partial charge in [0.2, 0.25) is 11.9 Å². The van der Waals surface area contributed by atoms with Gasteiger partial charge in [-0.25, -0.2) is 13.8 Å². The molecular weight excluding hydrogens is 494 g/mol. The highest BCUT2D eigenvalue weighted by Gasteiger charge is 2.53. The molecule has 1 saturated carbocycles. The maximum atomic E-state index is 15.3. The van der Waals surface area contributed by atoms with Crippen LogP contribution in [0.15, 0.2) is 30.3 Å². The van der Waals surface area contributed by atoms with Gasteiger partial charge in [-0.3, -0.25) is 4.79 Å². The first-order valence-electron chi connectivity index (χ1n) is 12.7. The number of anilines is 2. The quantitative estimate of drug-likeness (QED) is 0.460. The Morgan fingerprint density at radius 1 is 1.16 bits per heavy atom. The number of aromatic nitrogens is 2. The van der Waals surface area contributed by atoms with Crippen LogP contribution in [0.4, 0.5) is 20.5 Å². The molecule has 2 heterocycles. The Bertz CT molecular complexity index is 1350. The van der Waals surface area contributed by atoms with Gasteiger partial charge >= 0.3 is 0 Å². The summed E-state index contributed by atoms with van der Waals surface area (Å²) in [6.45, 7) is 4.14. The standard InChI is InChI=1S/C27H32F2N6O3/c1-4-31-19(16-5-7-17(28)8-6-16)14-21(36)34-11-12-35(27(15-34)9-10-27)26-32-23-18(25(30)33-26)13-20(37-2)24(38-3)22(23)29/h5-8,13,19,31H,4,9-12,14-15H2,1-3H3,(H2,30,32,33)/t19-/m1/s1. The number of methoxy groups -OCH3 is 2. The molecule has 202 valence electrons. The summed E-state index contributed by atoms with van der Waals surface area (Å²) in [5.74, 6) is -0.301. The number of piperazine rings is 1. The number of benzene rings is 2. The number of hydrogen-bond acceptors (Lipinski definition) is 8. The number of nitrogens with two attached hydrogens (primary N) is 1. The van der Waals surface area contributed by atoms with E-state index in [-0.39, 0.29) is 52.6 Å². The fourth-order valence-electron chi connectivity index (χ4n) is 5.29. The number of amides is 1. The van der Waals surface area contributed by atoms with Crippen molar-refractivity contribution in [2.24, 2.45) is 0 Å². The zero-order valence-corrected chi connectivity index (χ0v) is 21.8. The van der Waals surface area contributed by atoms with E-state index in [1.54, 1.807) is 18.2 Å². The molecule has 0 bridgehead atoms. The average molecular weight is 527 g/mol. The lowest BCUT2D eigenvalue weighted by Gasteiger charge is -2.42. The van der Waals surface area contributed by atoms with Gasteiger partial charge < -0.3 is 30.3 Å². The molecule has 1 saturated heterocycles. The minimum absolute atomic E-state index is 0.0213. The first-order valence-corrected chi connectivity index (χ1v) is 12.7. The number of nitrogens with one attached hydrogen (secondary N) is 1. The molecule has 3 aromatic rings. The molecule has 1 spiro atoms. The molecule has 2 aromatic carbocycles. The van der Waals surface area contributed by atoms with Gasteiger partial charge in [0, 0.05) is 37.5 Å². The van der Waals surface area contributed by atoms with Gasteiger partial charge in [-0.2, -0.15) is 4.98 Å². The summed E-state index contributed by atoms with van der Waals surface area (Å²) in [6, 6.07) is 7.60. The second kappa shape index (κ2) is 10.2. The zero-order valence-electron chi connectivity index (χ0n) is 21.8. The molecule has 2 aliphatic rings. The first kappa shape index (κ1) is 25.9. The van der Waals surface area contributed by atoms with E-state index in [0.29, 0.717) is 37.5 Å². The lowest BCUT2D eigenvalue weighted by Crippen LogP contribution is -2.57. The summed E-state index contributed by atoms with van der Waals surface area (Å²) in [5, 5.41) is 3.68. The second-order valence-electron chi connectivity index (χ2n) is 9.79. The van der Waals surface area contributed by atoms with Crippen molar-refractivity contribution in [2.45, 2.75) is 37.8 Å². The van der Waals surface area contributed by atoms with Crippen LogP contribution in [0.5, 0.6) is 11.5 Å². The maximum absolute atomic E-state index is 15.3. The van der Waals surface area contributed by atoms with Crippen molar-refractivity contribution >= 4 is 28.6 Å². The highest BCUT2D eigenvalue weighted by atomic mass is 19.1. The van der Waals surface area contributed by atoms with Gasteiger partial charge in [0.1, 0.15) is 17.2 Å². The van der Waals surface area contributed by atoms with E-state index in [2.05, 4.69) is 15.3 Å². The highest BCUT2D eigenvalue weighted by molar-refractivity contribution is 5.92. The Labute approximate surface area is 219 Å². The van der Waals surface area contributed by atoms with E-state index in [1.165, 1.54) is 26.4 Å². The fourth-order valence-corrected chi connectivity index (χ4v) is 5.29. The summed E-state index contributed by atoms with van der Waals surface area (Å²) >= 11 is 0. The van der Waals surface area contributed by atoms with Gasteiger partial charge in [-0.05, 0) is 43.1 Å². The van der Waals surface area contributed by atoms with Crippen LogP contribution in [0.3, 0.4) is 0 Å². The number of fused-ring (bicyclic) bond motifs is 1. The number of carbonyl (C=O) groups is 1. The van der Waals surface area contributed by atoms with Gasteiger partial charge in [-0.1, -0.05) is 19.1 Å². The molecule has 38 heavy (non-hydrogen) atoms. The molecular formula is C27H32F2N6O3. The number of ether oxygens (including phenoxy) is 2. The average Bonchev–Trinajstić information content (AvgIpc) is 3.67. The topological polar surface area (TPSA) is 106 Å². The number of rotatable bonds is 8. The fraction of sp³-hybridized carbons (Fsp3) is 0.444. The van der Waals surface area contributed by atoms with Crippen molar-refractivity contribution in [1.29, 1.82) is 0 Å². The molecule has 5 rings (SSSR count). The van der Waals surface area contributed by atoms with Gasteiger partial charge in [0.25, 0.3) is 0 Å². The van der Waals surface area contributed by atoms with Crippen molar-refractivity contribution in [2.75, 3.05) is 51.0 Å². The van der Waals surface area contributed by atoms with E-state index in [4.69, 9.17) is 15.2 Å². The third-order valence-corrected chi connectivity index (χ3v) is 7.47. The van der Waals surface area contributed by atoms with E-state index in [0.717, 1.165) is 18.4 Å². The zero-order chi connectivity index (χ0) is 27.0. The van der Waals surface area contributed by atoms with E-state index < -0.39 is 5.82 Å². The Kier molecular flexibility index (Phi) is 6.95. The first-order chi connectivity index (χ1) is 18.3. The molecule has 1 atom stereocenters. The van der Waals surface area contributed by atoms with E-state index in [1.807, 2.05) is 16.7 Å². The maximum Gasteiger partial charge on any atom is 0.228 e. The highest BCUT2D eigenvalue weighted by Crippen LogP contribution is 2.47. The van der Waals surface area contributed by atoms with Crippen molar-refractivity contribution in [3.8, 4) is 11.5 Å². The van der Waals surface area contributed by atoms with E-state index >= 15 is 4.39 Å². The number of nitrogens with zero attached hydrogens (tertiary/aromatic N) is 4. The van der Waals surface area contributed by atoms with Crippen LogP contribution in [0, 0.1) is 11.6 Å². The summed E-state index contributed by atoms with van der Waals surface area (Å²) in [7, 11) is 2.79. The Hall–Kier alpha value is -3.73. The molecule has 1 aliphatic heterocycles. The van der Waals surface area contributed by atoms with Gasteiger partial charge in [-0.15, -0.1) is 0 Å². The lowest BCUT2D eigenvalue weighted by molar-refractivity contribution is -0.132. The molecule has 0 radical (unpaired) electrons. The largest absolute Gasteiger partial charge is 0.493 e. The molecule has 0 unspecified atom stereocenters. The summed E-state index contributed by atoms with van der Waals surface area (Å²) < 4.78 is 39.2. The SMILES string of the molecule is CCN[C@H](CC(=O)N1CCN(c2nc(N)c3cc(OC)c(OC)c(F)c3n2)C2(CC2)C1)c1ccc(F)cc1. The van der Waals surface area contributed by atoms with Crippen molar-refractivity contribution in [3.63, 3.8) is 0 Å². The molecule has 1 amide bonds. The predicted molar refractivity (Wildman–Crippen MR) is 140 cm³/mol. The Balaban J connectivity index is 1.37. The van der Waals surface area contributed by atoms with Crippen molar-refractivity contribution in [1.82, 2.24) is 20.2 Å². The van der Waals surface area contributed by atoms with Crippen LogP contribution in [-0.2, 0) is 4.79 Å². The minimum atomic E-state index is -0.661.